The van der Waals surface area contributed by atoms with E-state index in [4.69, 9.17) is 0 Å². The van der Waals surface area contributed by atoms with Crippen molar-refractivity contribution in [1.82, 2.24) is 5.32 Å². The minimum atomic E-state index is -0.263. The minimum Gasteiger partial charge on any atom is -0.394 e. The van der Waals surface area contributed by atoms with E-state index in [1.165, 1.54) is 0 Å². The third-order valence-electron chi connectivity index (χ3n) is 3.31. The van der Waals surface area contributed by atoms with Gasteiger partial charge in [0.1, 0.15) is 0 Å². The number of aliphatic hydroxyl groups excluding tert-OH is 1. The van der Waals surface area contributed by atoms with Crippen LogP contribution in [0.25, 0.3) is 0 Å². The van der Waals surface area contributed by atoms with Crippen LogP contribution in [0, 0.1) is 5.92 Å². The Kier molecular flexibility index (Phi) is 3.85. The summed E-state index contributed by atoms with van der Waals surface area (Å²) < 4.78 is 0. The number of amides is 2. The van der Waals surface area contributed by atoms with Crippen LogP contribution in [-0.2, 0) is 11.2 Å². The van der Waals surface area contributed by atoms with Gasteiger partial charge < -0.3 is 15.7 Å². The second kappa shape index (κ2) is 5.40. The number of hydrogen-bond acceptors (Lipinski definition) is 3. The van der Waals surface area contributed by atoms with Gasteiger partial charge in [0.2, 0.25) is 5.91 Å². The molecule has 0 saturated heterocycles. The van der Waals surface area contributed by atoms with E-state index in [0.717, 1.165) is 11.3 Å². The van der Waals surface area contributed by atoms with Crippen LogP contribution in [0.4, 0.5) is 5.69 Å². The van der Waals surface area contributed by atoms with Gasteiger partial charge in [0, 0.05) is 11.3 Å². The number of carbonyl (C=O) groups is 2. The van der Waals surface area contributed by atoms with Crippen LogP contribution in [0.15, 0.2) is 18.2 Å². The third-order valence-corrected chi connectivity index (χ3v) is 3.31. The molecule has 5 nitrogen and oxygen atoms in total. The van der Waals surface area contributed by atoms with Crippen LogP contribution >= 0.6 is 0 Å². The Morgan fingerprint density at radius 3 is 2.84 bits per heavy atom. The molecule has 0 saturated carbocycles. The maximum absolute atomic E-state index is 12.1. The maximum atomic E-state index is 12.1. The summed E-state index contributed by atoms with van der Waals surface area (Å²) in [6.45, 7) is 3.79. The van der Waals surface area contributed by atoms with E-state index >= 15 is 0 Å². The van der Waals surface area contributed by atoms with Gasteiger partial charge in [-0.1, -0.05) is 13.8 Å². The van der Waals surface area contributed by atoms with Gasteiger partial charge in [-0.25, -0.2) is 0 Å². The van der Waals surface area contributed by atoms with Crippen LogP contribution in [0.5, 0.6) is 0 Å². The Morgan fingerprint density at radius 2 is 2.21 bits per heavy atom. The number of nitrogens with one attached hydrogen (secondary N) is 2. The van der Waals surface area contributed by atoms with Crippen LogP contribution < -0.4 is 10.6 Å². The van der Waals surface area contributed by atoms with Gasteiger partial charge in [0.15, 0.2) is 0 Å². The fraction of sp³-hybridized carbons (Fsp3) is 0.429. The Labute approximate surface area is 112 Å². The van der Waals surface area contributed by atoms with Crippen LogP contribution in [0.3, 0.4) is 0 Å². The van der Waals surface area contributed by atoms with Crippen molar-refractivity contribution in [3.8, 4) is 0 Å². The molecule has 1 aliphatic heterocycles. The van der Waals surface area contributed by atoms with Crippen molar-refractivity contribution >= 4 is 17.5 Å². The summed E-state index contributed by atoms with van der Waals surface area (Å²) in [5.41, 5.74) is 2.11. The molecule has 1 heterocycles. The van der Waals surface area contributed by atoms with Crippen molar-refractivity contribution in [2.75, 3.05) is 11.9 Å². The zero-order chi connectivity index (χ0) is 14.0. The lowest BCUT2D eigenvalue weighted by Crippen LogP contribution is -2.41. The van der Waals surface area contributed by atoms with Crippen LogP contribution in [0.1, 0.15) is 29.8 Å². The van der Waals surface area contributed by atoms with E-state index in [9.17, 15) is 14.7 Å². The first-order valence-corrected chi connectivity index (χ1v) is 6.35. The lowest BCUT2D eigenvalue weighted by atomic mass is 10.0. The molecule has 1 atom stereocenters. The van der Waals surface area contributed by atoms with Gasteiger partial charge in [-0.3, -0.25) is 9.59 Å². The fourth-order valence-electron chi connectivity index (χ4n) is 2.05. The third kappa shape index (κ3) is 2.93. The topological polar surface area (TPSA) is 78.4 Å². The van der Waals surface area contributed by atoms with Crippen molar-refractivity contribution in [1.29, 1.82) is 0 Å². The average Bonchev–Trinajstić information content (AvgIpc) is 2.74. The molecule has 19 heavy (non-hydrogen) atoms. The second-order valence-corrected chi connectivity index (χ2v) is 5.10. The number of aliphatic hydroxyl groups is 1. The molecule has 5 heteroatoms. The zero-order valence-corrected chi connectivity index (χ0v) is 11.1. The van der Waals surface area contributed by atoms with E-state index in [2.05, 4.69) is 10.6 Å². The summed E-state index contributed by atoms with van der Waals surface area (Å²) in [5, 5.41) is 14.7. The summed E-state index contributed by atoms with van der Waals surface area (Å²) in [5.74, 6) is -0.121. The number of carbonyl (C=O) groups excluding carboxylic acids is 2. The molecule has 3 N–H and O–H groups in total. The Bertz CT molecular complexity index is 511. The van der Waals surface area contributed by atoms with Gasteiger partial charge in [-0.2, -0.15) is 0 Å². The zero-order valence-electron chi connectivity index (χ0n) is 11.1. The number of rotatable bonds is 4. The smallest absolute Gasteiger partial charge is 0.251 e. The number of benzene rings is 1. The van der Waals surface area contributed by atoms with E-state index in [-0.39, 0.29) is 30.4 Å². The average molecular weight is 262 g/mol. The molecule has 2 rings (SSSR count). The first-order chi connectivity index (χ1) is 9.01. The molecule has 0 fully saturated rings. The molecule has 0 spiro atoms. The van der Waals surface area contributed by atoms with Crippen molar-refractivity contribution in [2.45, 2.75) is 26.3 Å². The normalized spacial score (nSPS) is 15.1. The lowest BCUT2D eigenvalue weighted by Gasteiger charge is -2.20. The van der Waals surface area contributed by atoms with Gasteiger partial charge in [0.05, 0.1) is 19.1 Å². The quantitative estimate of drug-likeness (QED) is 0.755. The summed E-state index contributed by atoms with van der Waals surface area (Å²) in [6.07, 6.45) is 0.310. The number of anilines is 1. The van der Waals surface area contributed by atoms with E-state index in [1.807, 2.05) is 13.8 Å². The molecule has 0 radical (unpaired) electrons. The number of hydrogen-bond donors (Lipinski definition) is 3. The van der Waals surface area contributed by atoms with Gasteiger partial charge in [0.25, 0.3) is 5.91 Å². The molecule has 0 aliphatic carbocycles. The Morgan fingerprint density at radius 1 is 1.47 bits per heavy atom. The predicted molar refractivity (Wildman–Crippen MR) is 72.0 cm³/mol. The molecule has 1 aliphatic rings. The second-order valence-electron chi connectivity index (χ2n) is 5.10. The van der Waals surface area contributed by atoms with Crippen molar-refractivity contribution in [3.05, 3.63) is 29.3 Å². The van der Waals surface area contributed by atoms with Crippen LogP contribution in [-0.4, -0.2) is 29.6 Å². The van der Waals surface area contributed by atoms with Gasteiger partial charge >= 0.3 is 0 Å². The van der Waals surface area contributed by atoms with E-state index in [1.54, 1.807) is 18.2 Å². The molecule has 2 amide bonds. The van der Waals surface area contributed by atoms with Crippen LogP contribution in [0.2, 0.25) is 0 Å². The molecule has 1 aromatic carbocycles. The first kappa shape index (κ1) is 13.5. The standard InChI is InChI=1S/C14H18N2O3/c1-8(2)12(7-17)16-14(19)9-3-4-11-10(5-9)6-13(18)15-11/h3-5,8,12,17H,6-7H2,1-2H3,(H,15,18)(H,16,19)/t12-/m1/s1. The molecule has 0 unspecified atom stereocenters. The highest BCUT2D eigenvalue weighted by Crippen LogP contribution is 2.23. The molecular weight excluding hydrogens is 244 g/mol. The largest absolute Gasteiger partial charge is 0.394 e. The minimum absolute atomic E-state index is 0.0528. The first-order valence-electron chi connectivity index (χ1n) is 6.35. The predicted octanol–water partition coefficient (Wildman–Crippen LogP) is 0.928. The van der Waals surface area contributed by atoms with Crippen molar-refractivity contribution in [2.24, 2.45) is 5.92 Å². The molecule has 1 aromatic rings. The Hall–Kier alpha value is -1.88. The van der Waals surface area contributed by atoms with E-state index in [0.29, 0.717) is 12.0 Å². The molecule has 0 aromatic heterocycles. The van der Waals surface area contributed by atoms with E-state index < -0.39 is 0 Å². The lowest BCUT2D eigenvalue weighted by molar-refractivity contribution is -0.115. The fourth-order valence-corrected chi connectivity index (χ4v) is 2.05. The van der Waals surface area contributed by atoms with Crippen molar-refractivity contribution < 1.29 is 14.7 Å². The summed E-state index contributed by atoms with van der Waals surface area (Å²) in [4.78, 5) is 23.3. The molecule has 0 bridgehead atoms. The molecule has 102 valence electrons. The Balaban J connectivity index is 2.12. The van der Waals surface area contributed by atoms with Gasteiger partial charge in [-0.15, -0.1) is 0 Å². The highest BCUT2D eigenvalue weighted by Gasteiger charge is 2.21. The van der Waals surface area contributed by atoms with Gasteiger partial charge in [-0.05, 0) is 29.7 Å². The highest BCUT2D eigenvalue weighted by atomic mass is 16.3. The molecular formula is C14H18N2O3. The maximum Gasteiger partial charge on any atom is 0.251 e. The summed E-state index contributed by atoms with van der Waals surface area (Å²) in [7, 11) is 0. The monoisotopic (exact) mass is 262 g/mol. The highest BCUT2D eigenvalue weighted by molar-refractivity contribution is 6.01. The van der Waals surface area contributed by atoms with Crippen molar-refractivity contribution in [3.63, 3.8) is 0 Å². The number of fused-ring (bicyclic) bond motifs is 1. The SMILES string of the molecule is CC(C)[C@@H](CO)NC(=O)c1ccc2c(c1)CC(=O)N2. The summed E-state index contributed by atoms with van der Waals surface area (Å²) in [6, 6.07) is 4.87. The summed E-state index contributed by atoms with van der Waals surface area (Å²) >= 11 is 0.